The zero-order valence-corrected chi connectivity index (χ0v) is 11.2. The zero-order valence-electron chi connectivity index (χ0n) is 11.2. The molecule has 0 bridgehead atoms. The molecule has 1 aromatic heterocycles. The lowest BCUT2D eigenvalue weighted by molar-refractivity contribution is -0.142. The SMILES string of the molecule is COC(=O)CCC(=O)NCc1c(C)nn(C)c1C. The normalized spacial score (nSPS) is 10.2. The van der Waals surface area contributed by atoms with Crippen molar-refractivity contribution < 1.29 is 14.3 Å². The first-order chi connectivity index (χ1) is 8.45. The molecule has 0 spiro atoms. The molecule has 1 amide bonds. The van der Waals surface area contributed by atoms with Crippen LogP contribution in [0.25, 0.3) is 0 Å². The van der Waals surface area contributed by atoms with Gasteiger partial charge in [0.15, 0.2) is 0 Å². The van der Waals surface area contributed by atoms with Gasteiger partial charge in [-0.15, -0.1) is 0 Å². The molecule has 100 valence electrons. The summed E-state index contributed by atoms with van der Waals surface area (Å²) >= 11 is 0. The molecule has 0 fully saturated rings. The monoisotopic (exact) mass is 253 g/mol. The predicted octanol–water partition coefficient (Wildman–Crippen LogP) is 0.606. The quantitative estimate of drug-likeness (QED) is 0.780. The van der Waals surface area contributed by atoms with Crippen molar-refractivity contribution in [1.82, 2.24) is 15.1 Å². The van der Waals surface area contributed by atoms with E-state index < -0.39 is 0 Å². The van der Waals surface area contributed by atoms with E-state index in [1.54, 1.807) is 4.68 Å². The van der Waals surface area contributed by atoms with Gasteiger partial charge in [-0.3, -0.25) is 14.3 Å². The van der Waals surface area contributed by atoms with E-state index in [0.717, 1.165) is 17.0 Å². The van der Waals surface area contributed by atoms with Crippen molar-refractivity contribution in [2.24, 2.45) is 7.05 Å². The summed E-state index contributed by atoms with van der Waals surface area (Å²) < 4.78 is 6.26. The first-order valence-electron chi connectivity index (χ1n) is 5.78. The molecule has 1 N–H and O–H groups in total. The van der Waals surface area contributed by atoms with E-state index in [-0.39, 0.29) is 24.7 Å². The maximum atomic E-state index is 11.5. The van der Waals surface area contributed by atoms with Gasteiger partial charge in [0, 0.05) is 31.3 Å². The summed E-state index contributed by atoms with van der Waals surface area (Å²) in [6.07, 6.45) is 0.248. The summed E-state index contributed by atoms with van der Waals surface area (Å²) in [5.74, 6) is -0.540. The van der Waals surface area contributed by atoms with Crippen LogP contribution in [0.4, 0.5) is 0 Å². The third-order valence-electron chi connectivity index (χ3n) is 2.91. The Morgan fingerprint density at radius 3 is 2.50 bits per heavy atom. The Labute approximate surface area is 106 Å². The van der Waals surface area contributed by atoms with E-state index >= 15 is 0 Å². The van der Waals surface area contributed by atoms with Crippen molar-refractivity contribution in [2.45, 2.75) is 33.2 Å². The van der Waals surface area contributed by atoms with Crippen LogP contribution in [0.2, 0.25) is 0 Å². The Balaban J connectivity index is 2.45. The summed E-state index contributed by atoms with van der Waals surface area (Å²) in [6, 6.07) is 0. The standard InChI is InChI=1S/C12H19N3O3/c1-8-10(9(2)15(3)14-8)7-13-11(16)5-6-12(17)18-4/h5-7H2,1-4H3,(H,13,16). The van der Waals surface area contributed by atoms with Crippen LogP contribution in [-0.2, 0) is 27.9 Å². The van der Waals surface area contributed by atoms with Crippen LogP contribution in [-0.4, -0.2) is 28.8 Å². The van der Waals surface area contributed by atoms with Gasteiger partial charge < -0.3 is 10.1 Å². The van der Waals surface area contributed by atoms with Crippen LogP contribution in [0.15, 0.2) is 0 Å². The second-order valence-corrected chi connectivity index (χ2v) is 4.13. The molecule has 0 saturated carbocycles. The van der Waals surface area contributed by atoms with Gasteiger partial charge in [0.25, 0.3) is 0 Å². The number of rotatable bonds is 5. The maximum absolute atomic E-state index is 11.5. The molecule has 6 heteroatoms. The van der Waals surface area contributed by atoms with Crippen molar-refractivity contribution in [3.05, 3.63) is 17.0 Å². The number of methoxy groups -OCH3 is 1. The molecule has 0 aromatic carbocycles. The van der Waals surface area contributed by atoms with Crippen LogP contribution in [0.3, 0.4) is 0 Å². The van der Waals surface area contributed by atoms with Crippen LogP contribution in [0.5, 0.6) is 0 Å². The molecule has 0 aliphatic rings. The Morgan fingerprint density at radius 1 is 1.33 bits per heavy atom. The predicted molar refractivity (Wildman–Crippen MR) is 65.8 cm³/mol. The van der Waals surface area contributed by atoms with E-state index in [2.05, 4.69) is 15.2 Å². The van der Waals surface area contributed by atoms with Gasteiger partial charge in [-0.1, -0.05) is 0 Å². The summed E-state index contributed by atoms with van der Waals surface area (Å²) in [4.78, 5) is 22.4. The minimum absolute atomic E-state index is 0.105. The lowest BCUT2D eigenvalue weighted by Crippen LogP contribution is -2.24. The summed E-state index contributed by atoms with van der Waals surface area (Å²) in [7, 11) is 3.17. The Kier molecular flexibility index (Phi) is 4.88. The number of nitrogens with zero attached hydrogens (tertiary/aromatic N) is 2. The fourth-order valence-corrected chi connectivity index (χ4v) is 1.67. The lowest BCUT2D eigenvalue weighted by Gasteiger charge is -2.05. The molecule has 0 aliphatic carbocycles. The number of ether oxygens (including phenoxy) is 1. The first kappa shape index (κ1) is 14.2. The molecule has 0 aliphatic heterocycles. The van der Waals surface area contributed by atoms with Gasteiger partial charge in [0.1, 0.15) is 0 Å². The van der Waals surface area contributed by atoms with Gasteiger partial charge in [0.05, 0.1) is 19.2 Å². The van der Waals surface area contributed by atoms with E-state index in [1.165, 1.54) is 7.11 Å². The topological polar surface area (TPSA) is 73.2 Å². The van der Waals surface area contributed by atoms with E-state index in [4.69, 9.17) is 0 Å². The number of amides is 1. The smallest absolute Gasteiger partial charge is 0.306 e. The van der Waals surface area contributed by atoms with Gasteiger partial charge in [-0.2, -0.15) is 5.10 Å². The summed E-state index contributed by atoms with van der Waals surface area (Å²) in [6.45, 7) is 4.30. The Bertz CT molecular complexity index is 452. The highest BCUT2D eigenvalue weighted by Gasteiger charge is 2.11. The lowest BCUT2D eigenvalue weighted by atomic mass is 10.2. The molecular formula is C12H19N3O3. The number of nitrogens with one attached hydrogen (secondary N) is 1. The van der Waals surface area contributed by atoms with E-state index in [9.17, 15) is 9.59 Å². The van der Waals surface area contributed by atoms with Crippen molar-refractivity contribution in [3.8, 4) is 0 Å². The molecule has 0 radical (unpaired) electrons. The third-order valence-corrected chi connectivity index (χ3v) is 2.91. The average molecular weight is 253 g/mol. The van der Waals surface area contributed by atoms with Gasteiger partial charge in [-0.25, -0.2) is 0 Å². The Hall–Kier alpha value is -1.85. The number of carbonyl (C=O) groups is 2. The molecule has 1 rings (SSSR count). The number of hydrogen-bond donors (Lipinski definition) is 1. The second kappa shape index (κ2) is 6.18. The molecule has 1 heterocycles. The van der Waals surface area contributed by atoms with Gasteiger partial charge in [-0.05, 0) is 13.8 Å². The fraction of sp³-hybridized carbons (Fsp3) is 0.583. The third kappa shape index (κ3) is 3.58. The number of esters is 1. The van der Waals surface area contributed by atoms with Crippen LogP contribution in [0, 0.1) is 13.8 Å². The van der Waals surface area contributed by atoms with Crippen molar-refractivity contribution in [1.29, 1.82) is 0 Å². The average Bonchev–Trinajstić information content (AvgIpc) is 2.58. The zero-order chi connectivity index (χ0) is 13.7. The highest BCUT2D eigenvalue weighted by atomic mass is 16.5. The number of aromatic nitrogens is 2. The highest BCUT2D eigenvalue weighted by Crippen LogP contribution is 2.11. The molecule has 18 heavy (non-hydrogen) atoms. The highest BCUT2D eigenvalue weighted by molar-refractivity contribution is 5.81. The largest absolute Gasteiger partial charge is 0.469 e. The molecule has 0 atom stereocenters. The van der Waals surface area contributed by atoms with Crippen LogP contribution in [0.1, 0.15) is 29.8 Å². The van der Waals surface area contributed by atoms with E-state index in [1.807, 2.05) is 20.9 Å². The molecule has 6 nitrogen and oxygen atoms in total. The second-order valence-electron chi connectivity index (χ2n) is 4.13. The minimum Gasteiger partial charge on any atom is -0.469 e. The number of aryl methyl sites for hydroxylation is 2. The Morgan fingerprint density at radius 2 is 2.00 bits per heavy atom. The van der Waals surface area contributed by atoms with Crippen molar-refractivity contribution in [3.63, 3.8) is 0 Å². The number of hydrogen-bond acceptors (Lipinski definition) is 4. The first-order valence-corrected chi connectivity index (χ1v) is 5.78. The van der Waals surface area contributed by atoms with Crippen LogP contribution < -0.4 is 5.32 Å². The number of carbonyl (C=O) groups excluding carboxylic acids is 2. The molecule has 1 aromatic rings. The van der Waals surface area contributed by atoms with Crippen molar-refractivity contribution >= 4 is 11.9 Å². The minimum atomic E-state index is -0.376. The van der Waals surface area contributed by atoms with Gasteiger partial charge >= 0.3 is 5.97 Å². The summed E-state index contributed by atoms with van der Waals surface area (Å²) in [5.41, 5.74) is 2.95. The van der Waals surface area contributed by atoms with Crippen LogP contribution >= 0.6 is 0 Å². The summed E-state index contributed by atoms with van der Waals surface area (Å²) in [5, 5.41) is 7.04. The molecular weight excluding hydrogens is 234 g/mol. The van der Waals surface area contributed by atoms with Gasteiger partial charge in [0.2, 0.25) is 5.91 Å². The van der Waals surface area contributed by atoms with Crippen molar-refractivity contribution in [2.75, 3.05) is 7.11 Å². The molecule has 0 saturated heterocycles. The van der Waals surface area contributed by atoms with E-state index in [0.29, 0.717) is 6.54 Å². The fourth-order valence-electron chi connectivity index (χ4n) is 1.67. The molecule has 0 unspecified atom stereocenters. The maximum Gasteiger partial charge on any atom is 0.306 e.